The van der Waals surface area contributed by atoms with E-state index in [0.717, 1.165) is 45.5 Å². The van der Waals surface area contributed by atoms with Crippen LogP contribution in [0.3, 0.4) is 0 Å². The van der Waals surface area contributed by atoms with Gasteiger partial charge in [0.15, 0.2) is 23.3 Å². The zero-order chi connectivity index (χ0) is 29.0. The summed E-state index contributed by atoms with van der Waals surface area (Å²) < 4.78 is 0. The highest BCUT2D eigenvalue weighted by Crippen LogP contribution is 2.30. The lowest BCUT2D eigenvalue weighted by Gasteiger charge is -2.22. The van der Waals surface area contributed by atoms with Gasteiger partial charge in [-0.25, -0.2) is 24.9 Å². The molecule has 0 aliphatic carbocycles. The summed E-state index contributed by atoms with van der Waals surface area (Å²) in [5.41, 5.74) is 8.18. The third-order valence-corrected chi connectivity index (χ3v) is 7.38. The lowest BCUT2D eigenvalue weighted by molar-refractivity contribution is 0.498. The Hall–Kier alpha value is -5.53. The molecule has 0 saturated heterocycles. The van der Waals surface area contributed by atoms with Crippen LogP contribution in [0.2, 0.25) is 0 Å². The van der Waals surface area contributed by atoms with E-state index in [-0.39, 0.29) is 6.17 Å². The van der Waals surface area contributed by atoms with Crippen molar-refractivity contribution in [2.45, 2.75) is 13.1 Å². The predicted molar refractivity (Wildman–Crippen MR) is 170 cm³/mol. The summed E-state index contributed by atoms with van der Waals surface area (Å²) in [5, 5.41) is 6.85. The zero-order valence-corrected chi connectivity index (χ0v) is 23.6. The maximum absolute atomic E-state index is 5.01. The van der Waals surface area contributed by atoms with Crippen molar-refractivity contribution in [3.05, 3.63) is 139 Å². The second-order valence-corrected chi connectivity index (χ2v) is 10.4. The highest BCUT2D eigenvalue weighted by molar-refractivity contribution is 5.73. The van der Waals surface area contributed by atoms with Gasteiger partial charge in [0.05, 0.1) is 0 Å². The van der Waals surface area contributed by atoms with E-state index in [9.17, 15) is 0 Å². The lowest BCUT2D eigenvalue weighted by atomic mass is 10.0. The Kier molecular flexibility index (Phi) is 7.21. The molecule has 4 aromatic carbocycles. The summed E-state index contributed by atoms with van der Waals surface area (Å²) >= 11 is 0. The van der Waals surface area contributed by atoms with Crippen LogP contribution in [0, 0.1) is 6.92 Å². The first-order chi connectivity index (χ1) is 21.2. The van der Waals surface area contributed by atoms with Crippen LogP contribution in [0.15, 0.2) is 128 Å². The fourth-order valence-corrected chi connectivity index (χ4v) is 5.13. The first-order valence-electron chi connectivity index (χ1n) is 14.3. The highest BCUT2D eigenvalue weighted by atomic mass is 15.1. The summed E-state index contributed by atoms with van der Waals surface area (Å²) in [4.78, 5) is 23.9. The maximum atomic E-state index is 5.01. The minimum absolute atomic E-state index is 0.0134. The molecule has 6 aromatic rings. The van der Waals surface area contributed by atoms with Crippen LogP contribution in [0.1, 0.15) is 17.3 Å². The normalized spacial score (nSPS) is 14.3. The molecule has 3 heterocycles. The molecule has 1 aliphatic heterocycles. The van der Waals surface area contributed by atoms with Crippen LogP contribution in [0.5, 0.6) is 0 Å². The first-order valence-corrected chi connectivity index (χ1v) is 14.3. The lowest BCUT2D eigenvalue weighted by Crippen LogP contribution is -2.34. The van der Waals surface area contributed by atoms with Crippen molar-refractivity contribution in [1.29, 1.82) is 0 Å². The Balaban J connectivity index is 1.35. The molecule has 7 nitrogen and oxygen atoms in total. The third-order valence-electron chi connectivity index (χ3n) is 7.38. The Labute approximate surface area is 250 Å². The molecular formula is C36H29N7. The van der Waals surface area contributed by atoms with Crippen LogP contribution in [0.4, 0.5) is 0 Å². The van der Waals surface area contributed by atoms with Crippen LogP contribution in [-0.4, -0.2) is 31.5 Å². The van der Waals surface area contributed by atoms with Crippen molar-refractivity contribution >= 4 is 0 Å². The van der Waals surface area contributed by atoms with Gasteiger partial charge in [-0.1, -0.05) is 90.5 Å². The topological polar surface area (TPSA) is 88.5 Å². The molecule has 1 aliphatic rings. The zero-order valence-electron chi connectivity index (χ0n) is 23.6. The molecule has 0 spiro atoms. The van der Waals surface area contributed by atoms with Gasteiger partial charge in [0.2, 0.25) is 0 Å². The van der Waals surface area contributed by atoms with E-state index >= 15 is 0 Å². The van der Waals surface area contributed by atoms with E-state index in [2.05, 4.69) is 88.2 Å². The predicted octanol–water partition coefficient (Wildman–Crippen LogP) is 7.01. The van der Waals surface area contributed by atoms with E-state index in [0.29, 0.717) is 23.3 Å². The number of nitrogens with zero attached hydrogens (tertiary/aromatic N) is 5. The van der Waals surface area contributed by atoms with Gasteiger partial charge in [-0.2, -0.15) is 0 Å². The SMILES string of the molecule is Cc1ccc(-c2cccc(-c3nc(-c4cccc(-c5ncccn5)c4)nc(-c4cccc(C5NC=CCN5)c4)n3)c2)cc1. The maximum Gasteiger partial charge on any atom is 0.164 e. The number of aromatic nitrogens is 5. The Bertz CT molecular complexity index is 1920. The molecule has 43 heavy (non-hydrogen) atoms. The number of nitrogens with one attached hydrogen (secondary N) is 2. The van der Waals surface area contributed by atoms with Gasteiger partial charge in [0.1, 0.15) is 6.17 Å². The van der Waals surface area contributed by atoms with Gasteiger partial charge >= 0.3 is 0 Å². The molecule has 7 heteroatoms. The molecule has 0 bridgehead atoms. The van der Waals surface area contributed by atoms with E-state index in [1.807, 2.05) is 54.7 Å². The molecule has 0 radical (unpaired) electrons. The van der Waals surface area contributed by atoms with Gasteiger partial charge in [0.25, 0.3) is 0 Å². The molecule has 7 rings (SSSR count). The number of aryl methyl sites for hydroxylation is 1. The Morgan fingerprint density at radius 3 is 1.74 bits per heavy atom. The second-order valence-electron chi connectivity index (χ2n) is 10.4. The summed E-state index contributed by atoms with van der Waals surface area (Å²) in [6.07, 6.45) is 7.54. The average molecular weight is 560 g/mol. The monoisotopic (exact) mass is 559 g/mol. The van der Waals surface area contributed by atoms with Gasteiger partial charge in [-0.3, -0.25) is 5.32 Å². The van der Waals surface area contributed by atoms with Gasteiger partial charge < -0.3 is 5.32 Å². The van der Waals surface area contributed by atoms with Crippen molar-refractivity contribution in [2.75, 3.05) is 6.54 Å². The number of rotatable bonds is 6. The van der Waals surface area contributed by atoms with Gasteiger partial charge in [0, 0.05) is 41.2 Å². The molecule has 2 N–H and O–H groups in total. The highest BCUT2D eigenvalue weighted by Gasteiger charge is 2.16. The fourth-order valence-electron chi connectivity index (χ4n) is 5.13. The summed E-state index contributed by atoms with van der Waals surface area (Å²) in [7, 11) is 0. The largest absolute Gasteiger partial charge is 0.372 e. The first kappa shape index (κ1) is 26.4. The molecule has 1 unspecified atom stereocenters. The molecule has 0 amide bonds. The summed E-state index contributed by atoms with van der Waals surface area (Å²) in [6.45, 7) is 2.90. The van der Waals surface area contributed by atoms with Crippen LogP contribution >= 0.6 is 0 Å². The second kappa shape index (κ2) is 11.8. The Morgan fingerprint density at radius 1 is 0.558 bits per heavy atom. The summed E-state index contributed by atoms with van der Waals surface area (Å²) in [5.74, 6) is 2.45. The van der Waals surface area contributed by atoms with Gasteiger partial charge in [-0.15, -0.1) is 0 Å². The molecule has 0 fully saturated rings. The fraction of sp³-hybridized carbons (Fsp3) is 0.0833. The van der Waals surface area contributed by atoms with Crippen LogP contribution < -0.4 is 10.6 Å². The number of hydrogen-bond donors (Lipinski definition) is 2. The van der Waals surface area contributed by atoms with Gasteiger partial charge in [-0.05, 0) is 54.1 Å². The van der Waals surface area contributed by atoms with Crippen molar-refractivity contribution in [3.63, 3.8) is 0 Å². The molecule has 208 valence electrons. The van der Waals surface area contributed by atoms with E-state index in [1.165, 1.54) is 5.56 Å². The standard InChI is InChI=1S/C36H29N7/c1-24-13-15-25(16-14-24)26-7-2-10-29(21-26)34-41-35(30-11-3-8-27(22-30)32-37-17-5-18-38-32)43-36(42-34)31-12-4-9-28(23-31)33-39-19-6-20-40-33/h2-19,21-23,33,39-40H,20H2,1H3. The smallest absolute Gasteiger partial charge is 0.164 e. The molecule has 0 saturated carbocycles. The van der Waals surface area contributed by atoms with E-state index < -0.39 is 0 Å². The van der Waals surface area contributed by atoms with E-state index in [4.69, 9.17) is 15.0 Å². The number of benzene rings is 4. The average Bonchev–Trinajstić information content (AvgIpc) is 3.09. The molecule has 2 aromatic heterocycles. The minimum Gasteiger partial charge on any atom is -0.372 e. The molecule has 1 atom stereocenters. The Morgan fingerprint density at radius 2 is 1.12 bits per heavy atom. The van der Waals surface area contributed by atoms with Crippen molar-refractivity contribution in [3.8, 4) is 56.7 Å². The minimum atomic E-state index is 0.0134. The van der Waals surface area contributed by atoms with Crippen molar-refractivity contribution in [2.24, 2.45) is 0 Å². The molecular weight excluding hydrogens is 530 g/mol. The van der Waals surface area contributed by atoms with Crippen LogP contribution in [-0.2, 0) is 0 Å². The quantitative estimate of drug-likeness (QED) is 0.227. The van der Waals surface area contributed by atoms with Crippen LogP contribution in [0.25, 0.3) is 56.7 Å². The summed E-state index contributed by atoms with van der Waals surface area (Å²) in [6, 6.07) is 35.0. The van der Waals surface area contributed by atoms with E-state index in [1.54, 1.807) is 12.4 Å². The van der Waals surface area contributed by atoms with Crippen molar-refractivity contribution < 1.29 is 0 Å². The van der Waals surface area contributed by atoms with Crippen molar-refractivity contribution in [1.82, 2.24) is 35.6 Å². The number of hydrogen-bond acceptors (Lipinski definition) is 7. The third kappa shape index (κ3) is 5.80.